The average Bonchev–Trinajstić information content (AvgIpc) is 3.25. The van der Waals surface area contributed by atoms with Gasteiger partial charge < -0.3 is 29.5 Å². The minimum atomic E-state index is -1.23. The van der Waals surface area contributed by atoms with Crippen LogP contribution in [-0.4, -0.2) is 116 Å². The zero-order chi connectivity index (χ0) is 30.1. The summed E-state index contributed by atoms with van der Waals surface area (Å²) in [5.41, 5.74) is 0.225. The molecule has 2 fully saturated rings. The van der Waals surface area contributed by atoms with Crippen LogP contribution in [0, 0.1) is 0 Å². The minimum absolute atomic E-state index is 0.217. The Bertz CT molecular complexity index is 1300. The van der Waals surface area contributed by atoms with Gasteiger partial charge in [-0.1, -0.05) is 11.6 Å². The summed E-state index contributed by atoms with van der Waals surface area (Å²) in [7, 11) is 1.71. The van der Waals surface area contributed by atoms with E-state index in [1.807, 2.05) is 30.6 Å². The number of ether oxygens (including phenoxy) is 1. The van der Waals surface area contributed by atoms with Crippen LogP contribution in [0.25, 0.3) is 0 Å². The molecule has 0 aliphatic carbocycles. The Morgan fingerprint density at radius 2 is 1.54 bits per heavy atom. The molecule has 2 aliphatic rings. The highest BCUT2D eigenvalue weighted by molar-refractivity contribution is 9.10. The van der Waals surface area contributed by atoms with E-state index in [4.69, 9.17) is 16.3 Å². The van der Waals surface area contributed by atoms with Gasteiger partial charge in [0.15, 0.2) is 11.7 Å². The van der Waals surface area contributed by atoms with Crippen LogP contribution in [0.5, 0.6) is 0 Å². The van der Waals surface area contributed by atoms with E-state index in [2.05, 4.69) is 26.2 Å². The van der Waals surface area contributed by atoms with E-state index in [1.54, 1.807) is 46.5 Å². The highest BCUT2D eigenvalue weighted by atomic mass is 79.9. The van der Waals surface area contributed by atoms with Gasteiger partial charge in [-0.05, 0) is 61.8 Å². The van der Waals surface area contributed by atoms with Crippen molar-refractivity contribution in [3.05, 3.63) is 45.4 Å². The van der Waals surface area contributed by atoms with Crippen molar-refractivity contribution >= 4 is 51.1 Å². The molecule has 2 N–H and O–H groups in total. The molecule has 224 valence electrons. The Hall–Kier alpha value is -2.71. The first-order valence-corrected chi connectivity index (χ1v) is 14.6. The Morgan fingerprint density at radius 1 is 0.976 bits per heavy atom. The molecule has 2 saturated heterocycles. The molecule has 1 atom stereocenters. The first-order chi connectivity index (χ1) is 19.2. The summed E-state index contributed by atoms with van der Waals surface area (Å²) in [5, 5.41) is 14.4. The van der Waals surface area contributed by atoms with Crippen molar-refractivity contribution in [2.45, 2.75) is 39.1 Å². The summed E-state index contributed by atoms with van der Waals surface area (Å²) in [6.45, 7) is 10.9. The van der Waals surface area contributed by atoms with Gasteiger partial charge in [-0.2, -0.15) is 0 Å². The Morgan fingerprint density at radius 3 is 2.02 bits per heavy atom. The molecular weight excluding hydrogens is 618 g/mol. The van der Waals surface area contributed by atoms with Gasteiger partial charge in [0.1, 0.15) is 10.2 Å². The third-order valence-electron chi connectivity index (χ3n) is 7.29. The largest absolute Gasteiger partial charge is 0.444 e. The van der Waals surface area contributed by atoms with Crippen molar-refractivity contribution in [1.29, 1.82) is 0 Å². The number of rotatable bonds is 5. The fraction of sp³-hybridized carbons (Fsp3) is 0.556. The number of carbonyl (C=O) groups is 3. The maximum absolute atomic E-state index is 13.3. The highest BCUT2D eigenvalue weighted by Gasteiger charge is 2.40. The maximum atomic E-state index is 13.3. The Balaban J connectivity index is 1.30. The van der Waals surface area contributed by atoms with Crippen molar-refractivity contribution in [3.63, 3.8) is 0 Å². The summed E-state index contributed by atoms with van der Waals surface area (Å²) < 4.78 is 7.74. The number of nitrogens with zero attached hydrogens (tertiary/aromatic N) is 6. The number of amides is 3. The van der Waals surface area contributed by atoms with E-state index in [-0.39, 0.29) is 22.8 Å². The molecule has 0 saturated carbocycles. The molecule has 4 rings (SSSR count). The molecule has 1 aromatic heterocycles. The van der Waals surface area contributed by atoms with Crippen LogP contribution in [0.2, 0.25) is 5.02 Å². The molecule has 1 unspecified atom stereocenters. The number of aliphatic hydroxyl groups is 1. The van der Waals surface area contributed by atoms with Gasteiger partial charge in [0.2, 0.25) is 0 Å². The Kier molecular flexibility index (Phi) is 9.34. The lowest BCUT2D eigenvalue weighted by atomic mass is 10.1. The molecule has 3 amide bonds. The van der Waals surface area contributed by atoms with E-state index in [9.17, 15) is 19.5 Å². The van der Waals surface area contributed by atoms with Crippen molar-refractivity contribution in [2.24, 2.45) is 7.05 Å². The van der Waals surface area contributed by atoms with E-state index >= 15 is 0 Å². The second-order valence-corrected chi connectivity index (χ2v) is 12.5. The fourth-order valence-electron chi connectivity index (χ4n) is 4.90. The van der Waals surface area contributed by atoms with Crippen LogP contribution in [0.4, 0.5) is 10.5 Å². The van der Waals surface area contributed by atoms with Gasteiger partial charge >= 0.3 is 6.09 Å². The normalized spacial score (nSPS) is 18.6. The highest BCUT2D eigenvalue weighted by Crippen LogP contribution is 2.26. The van der Waals surface area contributed by atoms with Crippen LogP contribution in [0.1, 0.15) is 48.7 Å². The molecule has 0 bridgehead atoms. The van der Waals surface area contributed by atoms with Gasteiger partial charge in [0.05, 0.1) is 16.8 Å². The number of hydrogen-bond acceptors (Lipinski definition) is 8. The zero-order valence-corrected chi connectivity index (χ0v) is 26.3. The van der Waals surface area contributed by atoms with Gasteiger partial charge in [0.25, 0.3) is 11.8 Å². The second-order valence-electron chi connectivity index (χ2n) is 11.3. The summed E-state index contributed by atoms with van der Waals surface area (Å²) >= 11 is 9.77. The maximum Gasteiger partial charge on any atom is 0.410 e. The molecule has 1 aromatic carbocycles. The zero-order valence-electron chi connectivity index (χ0n) is 24.0. The van der Waals surface area contributed by atoms with E-state index in [0.29, 0.717) is 68.2 Å². The van der Waals surface area contributed by atoms with Crippen LogP contribution < -0.4 is 5.32 Å². The summed E-state index contributed by atoms with van der Waals surface area (Å²) in [4.78, 5) is 49.6. The Labute approximate surface area is 253 Å². The van der Waals surface area contributed by atoms with Gasteiger partial charge in [-0.3, -0.25) is 19.4 Å². The molecule has 2 aliphatic heterocycles. The summed E-state index contributed by atoms with van der Waals surface area (Å²) in [6.07, 6.45) is 1.19. The topological polar surface area (TPSA) is 123 Å². The predicted octanol–water partition coefficient (Wildman–Crippen LogP) is 3.06. The van der Waals surface area contributed by atoms with Crippen LogP contribution >= 0.6 is 27.5 Å². The quantitative estimate of drug-likeness (QED) is 0.505. The molecule has 12 nitrogen and oxygen atoms in total. The van der Waals surface area contributed by atoms with Crippen LogP contribution in [0.3, 0.4) is 0 Å². The molecule has 0 radical (unpaired) electrons. The molecular formula is C27H37BrClN7O5. The number of piperazine rings is 2. The van der Waals surface area contributed by atoms with E-state index < -0.39 is 17.4 Å². The summed E-state index contributed by atoms with van der Waals surface area (Å²) in [6, 6.07) is 4.77. The SMILES string of the molecule is Cn1c(Br)cnc1C(=O)Nc1ccc(C(=O)N2CCN(C(C)(O)N3CCN(C(=O)OC(C)(C)C)CC3)CC2)c(Cl)c1. The fourth-order valence-corrected chi connectivity index (χ4v) is 5.43. The van der Waals surface area contributed by atoms with E-state index in [0.717, 1.165) is 0 Å². The predicted molar refractivity (Wildman–Crippen MR) is 158 cm³/mol. The molecule has 2 aromatic rings. The van der Waals surface area contributed by atoms with Gasteiger partial charge in [0, 0.05) is 65.1 Å². The van der Waals surface area contributed by atoms with Crippen molar-refractivity contribution < 1.29 is 24.2 Å². The lowest BCUT2D eigenvalue weighted by molar-refractivity contribution is -0.217. The minimum Gasteiger partial charge on any atom is -0.444 e. The first kappa shape index (κ1) is 31.2. The number of benzene rings is 1. The monoisotopic (exact) mass is 653 g/mol. The van der Waals surface area contributed by atoms with Crippen LogP contribution in [0.15, 0.2) is 29.0 Å². The lowest BCUT2D eigenvalue weighted by Gasteiger charge is -2.50. The van der Waals surface area contributed by atoms with Crippen molar-refractivity contribution in [1.82, 2.24) is 29.2 Å². The summed E-state index contributed by atoms with van der Waals surface area (Å²) in [5.74, 6) is -1.61. The number of anilines is 1. The average molecular weight is 655 g/mol. The van der Waals surface area contributed by atoms with Crippen molar-refractivity contribution in [2.75, 3.05) is 57.7 Å². The van der Waals surface area contributed by atoms with Crippen LogP contribution in [-0.2, 0) is 11.8 Å². The molecule has 0 spiro atoms. The lowest BCUT2D eigenvalue weighted by Crippen LogP contribution is -2.67. The third kappa shape index (κ3) is 7.20. The second kappa shape index (κ2) is 12.3. The standard InChI is InChI=1S/C27H37BrClN7O5/c1-26(2,3)41-25(39)34-10-14-36(15-11-34)27(4,40)35-12-8-33(9-13-35)24(38)19-7-6-18(16-20(19)29)31-23(37)22-30-17-21(28)32(22)5/h6-7,16-17,40H,8-15H2,1-5H3,(H,31,37). The molecule has 41 heavy (non-hydrogen) atoms. The number of nitrogens with one attached hydrogen (secondary N) is 1. The third-order valence-corrected chi connectivity index (χ3v) is 8.34. The number of aromatic nitrogens is 2. The van der Waals surface area contributed by atoms with Gasteiger partial charge in [-0.25, -0.2) is 9.78 Å². The van der Waals surface area contributed by atoms with Crippen molar-refractivity contribution in [3.8, 4) is 0 Å². The number of hydrogen-bond donors (Lipinski definition) is 2. The number of carbonyl (C=O) groups excluding carboxylic acids is 3. The number of imidazole rings is 1. The smallest absolute Gasteiger partial charge is 0.410 e. The van der Waals surface area contributed by atoms with Gasteiger partial charge in [-0.15, -0.1) is 0 Å². The van der Waals surface area contributed by atoms with E-state index in [1.165, 1.54) is 6.20 Å². The first-order valence-electron chi connectivity index (χ1n) is 13.4. The molecule has 14 heteroatoms. The number of halogens is 2. The molecule has 3 heterocycles.